The Balaban J connectivity index is 1.43. The van der Waals surface area contributed by atoms with Gasteiger partial charge in [-0.15, -0.1) is 0 Å². The molecule has 42 heavy (non-hydrogen) atoms. The van der Waals surface area contributed by atoms with Gasteiger partial charge in [-0.05, 0) is 75.9 Å². The Kier molecular flexibility index (Phi) is 8.43. The summed E-state index contributed by atoms with van der Waals surface area (Å²) in [6, 6.07) is 0.275. The van der Waals surface area contributed by atoms with Gasteiger partial charge in [-0.2, -0.15) is 0 Å². The fourth-order valence-electron chi connectivity index (χ4n) is 7.62. The van der Waals surface area contributed by atoms with E-state index in [1.807, 2.05) is 0 Å². The van der Waals surface area contributed by atoms with Crippen LogP contribution in [-0.4, -0.2) is 59.5 Å². The molecule has 0 amide bonds. The van der Waals surface area contributed by atoms with E-state index in [0.29, 0.717) is 24.5 Å². The second-order valence-electron chi connectivity index (χ2n) is 15.9. The van der Waals surface area contributed by atoms with Gasteiger partial charge >= 0.3 is 5.69 Å². The number of H-pyrrole nitrogens is 1. The first kappa shape index (κ1) is 32.5. The van der Waals surface area contributed by atoms with Gasteiger partial charge in [0.05, 0.1) is 18.3 Å². The van der Waals surface area contributed by atoms with Crippen molar-refractivity contribution in [3.63, 3.8) is 0 Å². The van der Waals surface area contributed by atoms with Crippen LogP contribution >= 0.6 is 8.53 Å². The molecule has 0 radical (unpaired) electrons. The van der Waals surface area contributed by atoms with E-state index in [9.17, 15) is 9.59 Å². The summed E-state index contributed by atoms with van der Waals surface area (Å²) in [6.45, 7) is 25.9. The summed E-state index contributed by atoms with van der Waals surface area (Å²) in [6.07, 6.45) is 5.41. The number of rotatable bonds is 7. The van der Waals surface area contributed by atoms with E-state index < -0.39 is 28.8 Å². The lowest BCUT2D eigenvalue weighted by atomic mass is 9.63. The second-order valence-corrected chi connectivity index (χ2v) is 22.1. The molecule has 3 heterocycles. The molecule has 0 aromatic carbocycles. The minimum absolute atomic E-state index is 0.0513. The molecule has 2 saturated heterocycles. The fraction of sp³-hybridized carbons (Fsp3) is 0.871. The molecule has 238 valence electrons. The number of aromatic nitrogens is 2. The number of hydrogen-bond donors (Lipinski definition) is 1. The predicted octanol–water partition coefficient (Wildman–Crippen LogP) is 6.48. The molecular weight excluding hydrogens is 569 g/mol. The first-order valence-electron chi connectivity index (χ1n) is 15.9. The third kappa shape index (κ3) is 5.25. The van der Waals surface area contributed by atoms with E-state index in [4.69, 9.17) is 18.2 Å². The highest BCUT2D eigenvalue weighted by Gasteiger charge is 2.71. The van der Waals surface area contributed by atoms with Crippen molar-refractivity contribution in [2.24, 2.45) is 16.7 Å². The molecule has 5 rings (SSSR count). The van der Waals surface area contributed by atoms with Gasteiger partial charge in [0.15, 0.2) is 8.32 Å². The van der Waals surface area contributed by atoms with Crippen LogP contribution in [0.15, 0.2) is 15.8 Å². The van der Waals surface area contributed by atoms with Gasteiger partial charge in [-0.3, -0.25) is 14.3 Å². The minimum atomic E-state index is -2.06. The van der Waals surface area contributed by atoms with Crippen LogP contribution in [-0.2, 0) is 18.2 Å². The Morgan fingerprint density at radius 3 is 2.45 bits per heavy atom. The van der Waals surface area contributed by atoms with Crippen LogP contribution < -0.4 is 11.2 Å². The van der Waals surface area contributed by atoms with Crippen LogP contribution in [0.1, 0.15) is 99.3 Å². The van der Waals surface area contributed by atoms with Crippen molar-refractivity contribution in [3.05, 3.63) is 32.6 Å². The minimum Gasteiger partial charge on any atom is -0.414 e. The van der Waals surface area contributed by atoms with Crippen molar-refractivity contribution in [3.8, 4) is 0 Å². The lowest BCUT2D eigenvalue weighted by Crippen LogP contribution is -2.54. The van der Waals surface area contributed by atoms with Crippen molar-refractivity contribution in [1.29, 1.82) is 0 Å². The van der Waals surface area contributed by atoms with Crippen LogP contribution in [0.5, 0.6) is 0 Å². The largest absolute Gasteiger partial charge is 0.414 e. The number of hydrogen-bond acceptors (Lipinski definition) is 7. The van der Waals surface area contributed by atoms with Crippen LogP contribution in [0.25, 0.3) is 0 Å². The highest BCUT2D eigenvalue weighted by Crippen LogP contribution is 2.75. The van der Waals surface area contributed by atoms with Gasteiger partial charge < -0.3 is 18.2 Å². The van der Waals surface area contributed by atoms with Gasteiger partial charge in [0.2, 0.25) is 0 Å². The van der Waals surface area contributed by atoms with E-state index in [1.54, 1.807) is 13.1 Å². The number of ether oxygens (including phenoxy) is 1. The Labute approximate surface area is 254 Å². The number of nitrogens with zero attached hydrogens (tertiary/aromatic N) is 2. The van der Waals surface area contributed by atoms with Crippen molar-refractivity contribution >= 4 is 16.8 Å². The zero-order chi connectivity index (χ0) is 31.0. The molecule has 1 unspecified atom stereocenters. The summed E-state index contributed by atoms with van der Waals surface area (Å²) in [5.41, 5.74) is -0.221. The Morgan fingerprint density at radius 1 is 1.19 bits per heavy atom. The zero-order valence-corrected chi connectivity index (χ0v) is 29.6. The number of nitrogens with one attached hydrogen (secondary N) is 1. The zero-order valence-electron chi connectivity index (χ0n) is 27.7. The molecule has 7 atom stereocenters. The number of aromatic amines is 1. The van der Waals surface area contributed by atoms with Gasteiger partial charge in [0.1, 0.15) is 12.3 Å². The van der Waals surface area contributed by atoms with Crippen molar-refractivity contribution < 1.29 is 18.2 Å². The van der Waals surface area contributed by atoms with E-state index in [0.717, 1.165) is 19.4 Å². The van der Waals surface area contributed by atoms with Crippen molar-refractivity contribution in [2.45, 2.75) is 143 Å². The van der Waals surface area contributed by atoms with Gasteiger partial charge in [-0.25, -0.2) is 9.46 Å². The Morgan fingerprint density at radius 2 is 1.88 bits per heavy atom. The molecule has 1 N–H and O–H groups in total. The lowest BCUT2D eigenvalue weighted by molar-refractivity contribution is -0.105. The van der Waals surface area contributed by atoms with Crippen LogP contribution in [0.4, 0.5) is 0 Å². The topological polar surface area (TPSA) is 95.0 Å². The van der Waals surface area contributed by atoms with Gasteiger partial charge in [0.25, 0.3) is 14.1 Å². The van der Waals surface area contributed by atoms with Crippen LogP contribution in [0.2, 0.25) is 18.1 Å². The Bertz CT molecular complexity index is 1290. The van der Waals surface area contributed by atoms with E-state index in [1.165, 1.54) is 17.4 Å². The van der Waals surface area contributed by atoms with Gasteiger partial charge in [-0.1, -0.05) is 41.5 Å². The standard InChI is InChI=1S/C31H54N3O6PSi/c1-20(2)34-15-14-31(17-22-12-13-30(31,9)29(22,7)8)40-41(34)39-23-16-25(33-18-21(3)26(35)32-27(33)36)38-24(23)19-37-42(10,11)28(4,5)6/h18,20,22-25H,12-17,19H2,1-11H3,(H,32,35,36)/t22-,23+,24-,25-,30-,31-,41?/m1/s1. The maximum atomic E-state index is 12.8. The number of fused-ring (bicyclic) bond motifs is 3. The van der Waals surface area contributed by atoms with E-state index in [2.05, 4.69) is 78.1 Å². The molecule has 1 spiro atoms. The summed E-state index contributed by atoms with van der Waals surface area (Å²) in [5, 5.41) is 0.0513. The molecular formula is C31H54N3O6PSi. The van der Waals surface area contributed by atoms with Crippen LogP contribution in [0.3, 0.4) is 0 Å². The first-order valence-corrected chi connectivity index (χ1v) is 19.9. The Hall–Kier alpha value is -0.873. The normalized spacial score (nSPS) is 36.9. The van der Waals surface area contributed by atoms with Gasteiger partial charge in [0, 0.05) is 36.2 Å². The average molecular weight is 624 g/mol. The lowest BCUT2D eigenvalue weighted by Gasteiger charge is -2.54. The van der Waals surface area contributed by atoms with Crippen molar-refractivity contribution in [2.75, 3.05) is 13.2 Å². The molecule has 2 saturated carbocycles. The average Bonchev–Trinajstić information content (AvgIpc) is 3.42. The molecule has 4 fully saturated rings. The highest BCUT2D eigenvalue weighted by molar-refractivity contribution is 7.44. The third-order valence-corrected chi connectivity index (χ3v) is 18.6. The summed E-state index contributed by atoms with van der Waals surface area (Å²) in [4.78, 5) is 27.4. The molecule has 11 heteroatoms. The summed E-state index contributed by atoms with van der Waals surface area (Å²) in [7, 11) is -3.43. The van der Waals surface area contributed by atoms with Crippen molar-refractivity contribution in [1.82, 2.24) is 14.2 Å². The maximum Gasteiger partial charge on any atom is 0.330 e. The molecule has 1 aromatic rings. The summed E-state index contributed by atoms with van der Waals surface area (Å²) in [5.74, 6) is 0.672. The molecule has 2 aliphatic heterocycles. The molecule has 9 nitrogen and oxygen atoms in total. The first-order chi connectivity index (χ1) is 19.3. The third-order valence-electron chi connectivity index (χ3n) is 12.1. The predicted molar refractivity (Wildman–Crippen MR) is 169 cm³/mol. The fourth-order valence-corrected chi connectivity index (χ4v) is 10.7. The quantitative estimate of drug-likeness (QED) is 0.274. The second kappa shape index (κ2) is 10.9. The number of aryl methyl sites for hydroxylation is 1. The van der Waals surface area contributed by atoms with E-state index in [-0.39, 0.29) is 45.3 Å². The summed E-state index contributed by atoms with van der Waals surface area (Å²) >= 11 is 0. The highest BCUT2D eigenvalue weighted by atomic mass is 31.2. The summed E-state index contributed by atoms with van der Waals surface area (Å²) < 4.78 is 31.4. The molecule has 2 bridgehead atoms. The molecule has 1 aromatic heterocycles. The maximum absolute atomic E-state index is 12.8. The monoisotopic (exact) mass is 623 g/mol. The molecule has 2 aliphatic carbocycles. The van der Waals surface area contributed by atoms with E-state index >= 15 is 0 Å². The van der Waals surface area contributed by atoms with Crippen LogP contribution in [0, 0.1) is 23.7 Å². The SMILES string of the molecule is Cc1cn([C@H]2C[C@H](OP3O[C@]4(CCN3C(C)C)C[C@H]3CC[C@]4(C)C3(C)C)[C@@H](CO[Si](C)(C)C(C)(C)C)O2)c(=O)[nH]c1=O. The smallest absolute Gasteiger partial charge is 0.330 e. The molecule has 4 aliphatic rings.